The van der Waals surface area contributed by atoms with Gasteiger partial charge in [0.1, 0.15) is 17.5 Å². The largest absolute Gasteiger partial charge is 0.497 e. The Morgan fingerprint density at radius 3 is 2.11 bits per heavy atom. The summed E-state index contributed by atoms with van der Waals surface area (Å²) >= 11 is 3.18. The lowest BCUT2D eigenvalue weighted by Gasteiger charge is -2.27. The Labute approximate surface area is 222 Å². The highest BCUT2D eigenvalue weighted by Gasteiger charge is 2.28. The maximum absolute atomic E-state index is 13.6. The fourth-order valence-corrected chi connectivity index (χ4v) is 6.35. The third-order valence-corrected chi connectivity index (χ3v) is 8.71. The van der Waals surface area contributed by atoms with Crippen LogP contribution >= 0.6 is 22.7 Å². The lowest BCUT2D eigenvalue weighted by molar-refractivity contribution is -0.134. The fourth-order valence-electron chi connectivity index (χ4n) is 3.64. The van der Waals surface area contributed by atoms with Crippen molar-refractivity contribution in [3.8, 4) is 11.5 Å². The van der Waals surface area contributed by atoms with E-state index in [9.17, 15) is 13.2 Å². The van der Waals surface area contributed by atoms with E-state index in [1.54, 1.807) is 58.9 Å². The number of carbonyl (C=O) groups excluding carboxylic acids is 1. The SMILES string of the molecule is CCCC[C@H](NS(=O)(=O)CCCOc1ccc(OC)cc1)C(=O)N(Cc1cccs1)Cc1cccs1. The van der Waals surface area contributed by atoms with E-state index in [0.29, 0.717) is 31.7 Å². The normalized spacial score (nSPS) is 12.3. The zero-order valence-electron chi connectivity index (χ0n) is 20.7. The molecule has 1 N–H and O–H groups in total. The third-order valence-electron chi connectivity index (χ3n) is 5.52. The molecule has 0 aliphatic rings. The molecule has 1 aromatic carbocycles. The van der Waals surface area contributed by atoms with Crippen molar-refractivity contribution in [2.24, 2.45) is 0 Å². The maximum atomic E-state index is 13.6. The molecule has 3 aromatic rings. The van der Waals surface area contributed by atoms with Gasteiger partial charge in [0, 0.05) is 9.75 Å². The van der Waals surface area contributed by atoms with Crippen LogP contribution in [-0.4, -0.2) is 44.7 Å². The van der Waals surface area contributed by atoms with Crippen LogP contribution in [0.4, 0.5) is 0 Å². The molecule has 2 aromatic heterocycles. The number of sulfonamides is 1. The van der Waals surface area contributed by atoms with Gasteiger partial charge in [0.05, 0.1) is 32.6 Å². The van der Waals surface area contributed by atoms with Crippen molar-refractivity contribution in [3.63, 3.8) is 0 Å². The van der Waals surface area contributed by atoms with Crippen molar-refractivity contribution in [2.75, 3.05) is 19.5 Å². The molecule has 0 spiro atoms. The Morgan fingerprint density at radius 2 is 1.58 bits per heavy atom. The van der Waals surface area contributed by atoms with E-state index in [1.807, 2.05) is 41.9 Å². The van der Waals surface area contributed by atoms with Gasteiger partial charge in [0.15, 0.2) is 0 Å². The molecular formula is C26H34N2O5S3. The van der Waals surface area contributed by atoms with Crippen LogP contribution in [0.1, 0.15) is 42.4 Å². The van der Waals surface area contributed by atoms with Crippen LogP contribution in [0.3, 0.4) is 0 Å². The molecule has 36 heavy (non-hydrogen) atoms. The van der Waals surface area contributed by atoms with E-state index in [2.05, 4.69) is 4.72 Å². The molecule has 196 valence electrons. The van der Waals surface area contributed by atoms with Gasteiger partial charge in [0.2, 0.25) is 15.9 Å². The summed E-state index contributed by atoms with van der Waals surface area (Å²) in [4.78, 5) is 17.5. The summed E-state index contributed by atoms with van der Waals surface area (Å²) < 4.78 is 39.3. The van der Waals surface area contributed by atoms with E-state index < -0.39 is 16.1 Å². The number of unbranched alkanes of at least 4 members (excludes halogenated alkanes) is 1. The Bertz CT molecular complexity index is 1090. The average Bonchev–Trinajstić information content (AvgIpc) is 3.58. The molecule has 0 fully saturated rings. The van der Waals surface area contributed by atoms with E-state index in [-0.39, 0.29) is 18.3 Å². The van der Waals surface area contributed by atoms with Crippen LogP contribution in [0, 0.1) is 0 Å². The van der Waals surface area contributed by atoms with Gasteiger partial charge >= 0.3 is 0 Å². The summed E-state index contributed by atoms with van der Waals surface area (Å²) in [6.45, 7) is 3.19. The van der Waals surface area contributed by atoms with Gasteiger partial charge in [-0.25, -0.2) is 13.1 Å². The molecule has 2 heterocycles. The maximum Gasteiger partial charge on any atom is 0.241 e. The second-order valence-electron chi connectivity index (χ2n) is 8.36. The predicted molar refractivity (Wildman–Crippen MR) is 146 cm³/mol. The standard InChI is InChI=1S/C26H34N2O5S3/c1-3-4-10-25(26(29)28(19-23-8-5-16-34-23)20-24-9-6-17-35-24)27-36(30,31)18-7-15-33-22-13-11-21(32-2)12-14-22/h5-6,8-9,11-14,16-17,25,27H,3-4,7,10,15,18-20H2,1-2H3/t25-/m0/s1. The number of rotatable bonds is 16. The Hall–Kier alpha value is -2.40. The first kappa shape index (κ1) is 28.2. The molecule has 1 atom stereocenters. The fraction of sp³-hybridized carbons (Fsp3) is 0.423. The molecule has 0 saturated heterocycles. The van der Waals surface area contributed by atoms with E-state index in [4.69, 9.17) is 9.47 Å². The molecule has 0 saturated carbocycles. The molecule has 0 bridgehead atoms. The van der Waals surface area contributed by atoms with Crippen molar-refractivity contribution in [3.05, 3.63) is 69.0 Å². The number of ether oxygens (including phenoxy) is 2. The van der Waals surface area contributed by atoms with Crippen molar-refractivity contribution in [2.45, 2.75) is 51.7 Å². The molecule has 1 amide bonds. The number of hydrogen-bond donors (Lipinski definition) is 1. The van der Waals surface area contributed by atoms with Gasteiger partial charge in [-0.2, -0.15) is 0 Å². The number of benzene rings is 1. The van der Waals surface area contributed by atoms with Crippen LogP contribution < -0.4 is 14.2 Å². The number of carbonyl (C=O) groups is 1. The second-order valence-corrected chi connectivity index (χ2v) is 12.3. The Kier molecular flexibility index (Phi) is 11.2. The quantitative estimate of drug-likeness (QED) is 0.245. The van der Waals surface area contributed by atoms with Gasteiger partial charge in [-0.1, -0.05) is 31.9 Å². The van der Waals surface area contributed by atoms with Gasteiger partial charge < -0.3 is 14.4 Å². The summed E-state index contributed by atoms with van der Waals surface area (Å²) in [6.07, 6.45) is 2.40. The first-order chi connectivity index (χ1) is 17.4. The van der Waals surface area contributed by atoms with Gasteiger partial charge in [-0.05, 0) is 60.0 Å². The number of amides is 1. The Balaban J connectivity index is 1.61. The van der Waals surface area contributed by atoms with E-state index in [1.165, 1.54) is 0 Å². The lowest BCUT2D eigenvalue weighted by Crippen LogP contribution is -2.48. The summed E-state index contributed by atoms with van der Waals surface area (Å²) in [5.41, 5.74) is 0. The monoisotopic (exact) mass is 550 g/mol. The minimum absolute atomic E-state index is 0.116. The minimum atomic E-state index is -3.67. The number of nitrogens with zero attached hydrogens (tertiary/aromatic N) is 1. The molecule has 0 aliphatic carbocycles. The molecule has 3 rings (SSSR count). The average molecular weight is 551 g/mol. The van der Waals surface area contributed by atoms with Crippen molar-refractivity contribution in [1.29, 1.82) is 0 Å². The van der Waals surface area contributed by atoms with Crippen LogP contribution in [0.25, 0.3) is 0 Å². The highest BCUT2D eigenvalue weighted by molar-refractivity contribution is 7.89. The second kappa shape index (κ2) is 14.4. The minimum Gasteiger partial charge on any atom is -0.497 e. The first-order valence-corrected chi connectivity index (χ1v) is 15.4. The van der Waals surface area contributed by atoms with Crippen LogP contribution in [-0.2, 0) is 27.9 Å². The summed E-state index contributed by atoms with van der Waals surface area (Å²) in [5.74, 6) is 1.07. The van der Waals surface area contributed by atoms with Crippen LogP contribution in [0.15, 0.2) is 59.3 Å². The molecule has 0 aliphatic heterocycles. The summed E-state index contributed by atoms with van der Waals surface area (Å²) in [6, 6.07) is 14.2. The van der Waals surface area contributed by atoms with Crippen molar-refractivity contribution in [1.82, 2.24) is 9.62 Å². The van der Waals surface area contributed by atoms with Gasteiger partial charge in [0.25, 0.3) is 0 Å². The van der Waals surface area contributed by atoms with E-state index in [0.717, 1.165) is 28.3 Å². The third kappa shape index (κ3) is 9.24. The molecular weight excluding hydrogens is 516 g/mol. The molecule has 0 radical (unpaired) electrons. The molecule has 7 nitrogen and oxygen atoms in total. The first-order valence-electron chi connectivity index (χ1n) is 12.0. The number of hydrogen-bond acceptors (Lipinski definition) is 7. The number of thiophene rings is 2. The lowest BCUT2D eigenvalue weighted by atomic mass is 10.1. The topological polar surface area (TPSA) is 84.9 Å². The predicted octanol–water partition coefficient (Wildman–Crippen LogP) is 5.29. The zero-order chi connectivity index (χ0) is 25.8. The smallest absolute Gasteiger partial charge is 0.241 e. The molecule has 0 unspecified atom stereocenters. The van der Waals surface area contributed by atoms with Crippen molar-refractivity contribution >= 4 is 38.6 Å². The highest BCUT2D eigenvalue weighted by atomic mass is 32.2. The summed E-state index contributed by atoms with van der Waals surface area (Å²) in [7, 11) is -2.08. The highest BCUT2D eigenvalue weighted by Crippen LogP contribution is 2.20. The van der Waals surface area contributed by atoms with Gasteiger partial charge in [-0.15, -0.1) is 22.7 Å². The number of methoxy groups -OCH3 is 1. The van der Waals surface area contributed by atoms with Gasteiger partial charge in [-0.3, -0.25) is 4.79 Å². The van der Waals surface area contributed by atoms with Crippen LogP contribution in [0.5, 0.6) is 11.5 Å². The zero-order valence-corrected chi connectivity index (χ0v) is 23.2. The number of nitrogens with one attached hydrogen (secondary N) is 1. The summed E-state index contributed by atoms with van der Waals surface area (Å²) in [5, 5.41) is 3.96. The Morgan fingerprint density at radius 1 is 0.972 bits per heavy atom. The van der Waals surface area contributed by atoms with Crippen molar-refractivity contribution < 1.29 is 22.7 Å². The molecule has 10 heteroatoms. The van der Waals surface area contributed by atoms with E-state index >= 15 is 0 Å². The van der Waals surface area contributed by atoms with Crippen LogP contribution in [0.2, 0.25) is 0 Å².